The number of rotatable bonds is 7. The highest BCUT2D eigenvalue weighted by atomic mass is 32.2. The van der Waals surface area contributed by atoms with Crippen LogP contribution < -0.4 is 10.5 Å². The molecule has 0 spiro atoms. The Balaban J connectivity index is 2.00. The summed E-state index contributed by atoms with van der Waals surface area (Å²) < 4.78 is 43.9. The first-order valence-corrected chi connectivity index (χ1v) is 11.8. The summed E-state index contributed by atoms with van der Waals surface area (Å²) in [6.45, 7) is 8.86. The third-order valence-electron chi connectivity index (χ3n) is 5.46. The molecule has 2 rings (SSSR count). The van der Waals surface area contributed by atoms with Crippen LogP contribution in [-0.4, -0.2) is 51.2 Å². The molecule has 1 aromatic carbocycles. The summed E-state index contributed by atoms with van der Waals surface area (Å²) in [5.41, 5.74) is 4.88. The number of carbonyl (C=O) groups is 1. The molecule has 1 aromatic rings. The van der Waals surface area contributed by atoms with Gasteiger partial charge < -0.3 is 15.4 Å². The van der Waals surface area contributed by atoms with Crippen molar-refractivity contribution in [3.05, 3.63) is 36.2 Å². The number of hydrogen-bond donors (Lipinski definition) is 1. The Morgan fingerprint density at radius 1 is 1.23 bits per heavy atom. The van der Waals surface area contributed by atoms with Crippen LogP contribution >= 0.6 is 0 Å². The second-order valence-electron chi connectivity index (χ2n) is 9.34. The number of ether oxygens (including phenoxy) is 1. The Hall–Kier alpha value is -1.93. The quantitative estimate of drug-likeness (QED) is 0.702. The first-order chi connectivity index (χ1) is 13.9. The molecule has 0 saturated carbocycles. The van der Waals surface area contributed by atoms with Crippen LogP contribution in [0.25, 0.3) is 0 Å². The summed E-state index contributed by atoms with van der Waals surface area (Å²) >= 11 is 0. The average Bonchev–Trinajstić information content (AvgIpc) is 2.68. The number of amides is 1. The lowest BCUT2D eigenvalue weighted by molar-refractivity contribution is -0.141. The van der Waals surface area contributed by atoms with E-state index in [1.165, 1.54) is 12.1 Å². The Bertz CT molecular complexity index is 865. The molecule has 0 atom stereocenters. The van der Waals surface area contributed by atoms with Crippen molar-refractivity contribution in [1.82, 2.24) is 4.90 Å². The maximum atomic E-state index is 13.0. The molecule has 2 N–H and O–H groups in total. The van der Waals surface area contributed by atoms with E-state index in [0.29, 0.717) is 43.6 Å². The van der Waals surface area contributed by atoms with Crippen molar-refractivity contribution in [2.75, 3.05) is 32.0 Å². The molecule has 1 aliphatic heterocycles. The van der Waals surface area contributed by atoms with E-state index in [9.17, 15) is 17.6 Å². The van der Waals surface area contributed by atoms with Crippen LogP contribution in [0, 0.1) is 10.8 Å². The van der Waals surface area contributed by atoms with Crippen molar-refractivity contribution in [2.45, 2.75) is 45.4 Å². The third kappa shape index (κ3) is 6.28. The number of carbonyl (C=O) groups excluding carboxylic acids is 1. The lowest BCUT2D eigenvalue weighted by atomic mass is 9.81. The van der Waals surface area contributed by atoms with Crippen molar-refractivity contribution in [3.8, 4) is 5.75 Å². The molecular formula is C22H33FN2O4S. The first kappa shape index (κ1) is 24.3. The SMILES string of the molecule is CC1(CS(=O)(=O)c2ccc(OCC(=CF)CN)cc2)CCN(C(=O)C(C)(C)C)CC1. The standard InChI is InChI=1S/C22H33FN2O4S/c1-21(2,3)20(26)25-11-9-22(4,10-12-25)16-30(27,28)19-7-5-18(6-8-19)29-15-17(13-23)14-24/h5-8,13H,9-12,14-16,24H2,1-4H3. The van der Waals surface area contributed by atoms with Crippen LogP contribution in [0.15, 0.2) is 41.1 Å². The van der Waals surface area contributed by atoms with Crippen molar-refractivity contribution in [2.24, 2.45) is 16.6 Å². The van der Waals surface area contributed by atoms with Crippen molar-refractivity contribution >= 4 is 15.7 Å². The average molecular weight is 441 g/mol. The molecule has 0 unspecified atom stereocenters. The van der Waals surface area contributed by atoms with Gasteiger partial charge in [0.25, 0.3) is 0 Å². The van der Waals surface area contributed by atoms with E-state index in [-0.39, 0.29) is 35.1 Å². The minimum atomic E-state index is -3.49. The maximum Gasteiger partial charge on any atom is 0.227 e. The van der Waals surface area contributed by atoms with Gasteiger partial charge in [0, 0.05) is 30.6 Å². The molecular weight excluding hydrogens is 407 g/mol. The Kier molecular flexibility index (Phi) is 7.69. The fraction of sp³-hybridized carbons (Fsp3) is 0.591. The van der Waals surface area contributed by atoms with E-state index >= 15 is 0 Å². The third-order valence-corrected chi connectivity index (χ3v) is 7.53. The normalized spacial score (nSPS) is 17.7. The number of nitrogens with zero attached hydrogens (tertiary/aromatic N) is 1. The molecule has 1 fully saturated rings. The smallest absolute Gasteiger partial charge is 0.227 e. The second-order valence-corrected chi connectivity index (χ2v) is 11.3. The van der Waals surface area contributed by atoms with Crippen molar-refractivity contribution < 1.29 is 22.3 Å². The van der Waals surface area contributed by atoms with Gasteiger partial charge in [0.15, 0.2) is 9.84 Å². The number of likely N-dealkylation sites (tertiary alicyclic amines) is 1. The minimum absolute atomic E-state index is 0.0148. The number of hydrogen-bond acceptors (Lipinski definition) is 5. The summed E-state index contributed by atoms with van der Waals surface area (Å²) in [5, 5.41) is 0. The number of piperidine rings is 1. The fourth-order valence-corrected chi connectivity index (χ4v) is 5.39. The van der Waals surface area contributed by atoms with Gasteiger partial charge >= 0.3 is 0 Å². The second kappa shape index (κ2) is 9.47. The predicted octanol–water partition coefficient (Wildman–Crippen LogP) is 3.33. The van der Waals surface area contributed by atoms with E-state index in [1.807, 2.05) is 32.6 Å². The molecule has 30 heavy (non-hydrogen) atoms. The number of halogens is 1. The zero-order valence-electron chi connectivity index (χ0n) is 18.3. The Morgan fingerprint density at radius 3 is 2.27 bits per heavy atom. The van der Waals surface area contributed by atoms with Gasteiger partial charge in [-0.15, -0.1) is 0 Å². The molecule has 0 radical (unpaired) electrons. The molecule has 1 aliphatic rings. The summed E-state index contributed by atoms with van der Waals surface area (Å²) in [5.74, 6) is 0.574. The Labute approximate surface area is 179 Å². The van der Waals surface area contributed by atoms with E-state index in [0.717, 1.165) is 0 Å². The summed E-state index contributed by atoms with van der Waals surface area (Å²) in [7, 11) is -3.49. The number of sulfone groups is 1. The molecule has 0 aliphatic carbocycles. The molecule has 8 heteroatoms. The van der Waals surface area contributed by atoms with E-state index in [4.69, 9.17) is 10.5 Å². The molecule has 0 bridgehead atoms. The van der Waals surface area contributed by atoms with Crippen LogP contribution in [0.4, 0.5) is 4.39 Å². The van der Waals surface area contributed by atoms with Crippen molar-refractivity contribution in [3.63, 3.8) is 0 Å². The fourth-order valence-electron chi connectivity index (χ4n) is 3.46. The van der Waals surface area contributed by atoms with Gasteiger partial charge in [0.05, 0.1) is 17.0 Å². The van der Waals surface area contributed by atoms with Crippen LogP contribution in [0.2, 0.25) is 0 Å². The highest BCUT2D eigenvalue weighted by Crippen LogP contribution is 2.35. The zero-order valence-corrected chi connectivity index (χ0v) is 19.1. The molecule has 1 saturated heterocycles. The van der Waals surface area contributed by atoms with Gasteiger partial charge in [-0.2, -0.15) is 0 Å². The van der Waals surface area contributed by atoms with Crippen LogP contribution in [0.1, 0.15) is 40.5 Å². The number of benzene rings is 1. The van der Waals surface area contributed by atoms with Gasteiger partial charge in [-0.3, -0.25) is 4.79 Å². The van der Waals surface area contributed by atoms with Crippen LogP contribution in [-0.2, 0) is 14.6 Å². The monoisotopic (exact) mass is 440 g/mol. The zero-order chi connectivity index (χ0) is 22.6. The van der Waals surface area contributed by atoms with Gasteiger partial charge in [-0.1, -0.05) is 27.7 Å². The molecule has 1 heterocycles. The summed E-state index contributed by atoms with van der Waals surface area (Å²) in [6, 6.07) is 6.14. The van der Waals surface area contributed by atoms with Crippen molar-refractivity contribution in [1.29, 1.82) is 0 Å². The van der Waals surface area contributed by atoms with Gasteiger partial charge in [0.1, 0.15) is 12.4 Å². The van der Waals surface area contributed by atoms with Gasteiger partial charge in [0.2, 0.25) is 5.91 Å². The molecule has 1 amide bonds. The summed E-state index contributed by atoms with van der Waals surface area (Å²) in [6.07, 6.45) is 1.71. The number of nitrogens with two attached hydrogens (primary N) is 1. The van der Waals surface area contributed by atoms with E-state index in [2.05, 4.69) is 0 Å². The maximum absolute atomic E-state index is 13.0. The highest BCUT2D eigenvalue weighted by Gasteiger charge is 2.38. The lowest BCUT2D eigenvalue weighted by Gasteiger charge is -2.41. The lowest BCUT2D eigenvalue weighted by Crippen LogP contribution is -2.48. The van der Waals surface area contributed by atoms with Gasteiger partial charge in [-0.05, 0) is 42.5 Å². The minimum Gasteiger partial charge on any atom is -0.489 e. The predicted molar refractivity (Wildman–Crippen MR) is 116 cm³/mol. The Morgan fingerprint density at radius 2 is 1.80 bits per heavy atom. The topological polar surface area (TPSA) is 89.7 Å². The largest absolute Gasteiger partial charge is 0.489 e. The molecule has 6 nitrogen and oxygen atoms in total. The molecule has 168 valence electrons. The van der Waals surface area contributed by atoms with Crippen LogP contribution in [0.5, 0.6) is 5.75 Å². The van der Waals surface area contributed by atoms with E-state index < -0.39 is 15.3 Å². The van der Waals surface area contributed by atoms with Gasteiger partial charge in [-0.25, -0.2) is 12.8 Å². The summed E-state index contributed by atoms with van der Waals surface area (Å²) in [4.78, 5) is 14.5. The molecule has 0 aromatic heterocycles. The first-order valence-electron chi connectivity index (χ1n) is 10.1. The van der Waals surface area contributed by atoms with E-state index in [1.54, 1.807) is 12.1 Å². The van der Waals surface area contributed by atoms with Crippen LogP contribution in [0.3, 0.4) is 0 Å². The highest BCUT2D eigenvalue weighted by molar-refractivity contribution is 7.91.